The fraction of sp³-hybridized carbons (Fsp3) is 0.250. The molecule has 0 fully saturated rings. The van der Waals surface area contributed by atoms with E-state index in [4.69, 9.17) is 0 Å². The standard InChI is InChI=1S/C8H8BrN3/c1-2-12-5-11-7-3-6(9)4-10-8(7)12/h3-5H,2H2,1H3. The topological polar surface area (TPSA) is 30.7 Å². The Morgan fingerprint density at radius 1 is 1.50 bits per heavy atom. The molecule has 0 saturated carbocycles. The van der Waals surface area contributed by atoms with Gasteiger partial charge in [0.05, 0.1) is 6.33 Å². The van der Waals surface area contributed by atoms with E-state index in [0.29, 0.717) is 0 Å². The Morgan fingerprint density at radius 3 is 3.08 bits per heavy atom. The van der Waals surface area contributed by atoms with Crippen LogP contribution in [0.5, 0.6) is 0 Å². The van der Waals surface area contributed by atoms with Gasteiger partial charge in [0.15, 0.2) is 5.65 Å². The molecule has 62 valence electrons. The maximum atomic E-state index is 4.27. The fourth-order valence-corrected chi connectivity index (χ4v) is 1.47. The van der Waals surface area contributed by atoms with Crippen molar-refractivity contribution in [2.75, 3.05) is 0 Å². The number of hydrogen-bond donors (Lipinski definition) is 0. The highest BCUT2D eigenvalue weighted by molar-refractivity contribution is 9.10. The highest BCUT2D eigenvalue weighted by Gasteiger charge is 2.01. The Hall–Kier alpha value is -0.900. The van der Waals surface area contributed by atoms with Crippen molar-refractivity contribution in [2.24, 2.45) is 0 Å². The average Bonchev–Trinajstić information content (AvgIpc) is 2.46. The molecular formula is C8H8BrN3. The van der Waals surface area contributed by atoms with Crippen LogP contribution in [0.4, 0.5) is 0 Å². The number of pyridine rings is 1. The molecule has 2 aromatic heterocycles. The van der Waals surface area contributed by atoms with Crippen LogP contribution in [-0.4, -0.2) is 14.5 Å². The lowest BCUT2D eigenvalue weighted by atomic mass is 10.4. The van der Waals surface area contributed by atoms with Crippen LogP contribution in [-0.2, 0) is 6.54 Å². The van der Waals surface area contributed by atoms with Gasteiger partial charge in [0.25, 0.3) is 0 Å². The van der Waals surface area contributed by atoms with Gasteiger partial charge in [-0.15, -0.1) is 0 Å². The van der Waals surface area contributed by atoms with Gasteiger partial charge in [0, 0.05) is 17.2 Å². The molecule has 4 heteroatoms. The second-order valence-electron chi connectivity index (χ2n) is 2.53. The minimum Gasteiger partial charge on any atom is -0.316 e. The first-order valence-electron chi connectivity index (χ1n) is 3.77. The molecule has 0 saturated heterocycles. The number of imidazole rings is 1. The molecule has 0 aliphatic carbocycles. The maximum absolute atomic E-state index is 4.27. The number of halogens is 1. The van der Waals surface area contributed by atoms with Gasteiger partial charge in [-0.1, -0.05) is 0 Å². The van der Waals surface area contributed by atoms with Crippen LogP contribution in [0, 0.1) is 0 Å². The molecule has 0 radical (unpaired) electrons. The van der Waals surface area contributed by atoms with Crippen LogP contribution >= 0.6 is 15.9 Å². The smallest absolute Gasteiger partial charge is 0.159 e. The summed E-state index contributed by atoms with van der Waals surface area (Å²) in [5.41, 5.74) is 1.88. The minimum atomic E-state index is 0.908. The lowest BCUT2D eigenvalue weighted by Gasteiger charge is -1.96. The van der Waals surface area contributed by atoms with Crippen molar-refractivity contribution >= 4 is 27.1 Å². The van der Waals surface area contributed by atoms with E-state index in [9.17, 15) is 0 Å². The molecule has 12 heavy (non-hydrogen) atoms. The lowest BCUT2D eigenvalue weighted by Crippen LogP contribution is -1.92. The van der Waals surface area contributed by atoms with E-state index in [-0.39, 0.29) is 0 Å². The van der Waals surface area contributed by atoms with Crippen LogP contribution in [0.2, 0.25) is 0 Å². The second-order valence-corrected chi connectivity index (χ2v) is 3.44. The lowest BCUT2D eigenvalue weighted by molar-refractivity contribution is 0.778. The number of nitrogens with zero attached hydrogens (tertiary/aromatic N) is 3. The molecular weight excluding hydrogens is 218 g/mol. The van der Waals surface area contributed by atoms with E-state index >= 15 is 0 Å². The Labute approximate surface area is 78.6 Å². The van der Waals surface area contributed by atoms with E-state index in [0.717, 1.165) is 22.2 Å². The Kier molecular flexibility index (Phi) is 1.84. The highest BCUT2D eigenvalue weighted by Crippen LogP contribution is 2.15. The van der Waals surface area contributed by atoms with Gasteiger partial charge in [-0.3, -0.25) is 0 Å². The number of aryl methyl sites for hydroxylation is 1. The normalized spacial score (nSPS) is 10.8. The zero-order valence-corrected chi connectivity index (χ0v) is 8.24. The largest absolute Gasteiger partial charge is 0.316 e. The van der Waals surface area contributed by atoms with Gasteiger partial charge in [-0.25, -0.2) is 9.97 Å². The zero-order valence-electron chi connectivity index (χ0n) is 6.66. The van der Waals surface area contributed by atoms with Gasteiger partial charge in [0.1, 0.15) is 5.52 Å². The number of hydrogen-bond acceptors (Lipinski definition) is 2. The van der Waals surface area contributed by atoms with Gasteiger partial charge in [0.2, 0.25) is 0 Å². The molecule has 2 aromatic rings. The summed E-state index contributed by atoms with van der Waals surface area (Å²) in [4.78, 5) is 8.49. The monoisotopic (exact) mass is 225 g/mol. The molecule has 0 bridgehead atoms. The Morgan fingerprint density at radius 2 is 2.33 bits per heavy atom. The van der Waals surface area contributed by atoms with Crippen LogP contribution < -0.4 is 0 Å². The summed E-state index contributed by atoms with van der Waals surface area (Å²) in [6.07, 6.45) is 3.60. The van der Waals surface area contributed by atoms with Crippen molar-refractivity contribution in [3.05, 3.63) is 23.1 Å². The molecule has 0 N–H and O–H groups in total. The third-order valence-electron chi connectivity index (χ3n) is 1.76. The molecule has 0 unspecified atom stereocenters. The van der Waals surface area contributed by atoms with Crippen molar-refractivity contribution in [3.8, 4) is 0 Å². The first-order valence-corrected chi connectivity index (χ1v) is 4.57. The van der Waals surface area contributed by atoms with E-state index in [1.807, 2.05) is 17.0 Å². The number of rotatable bonds is 1. The second kappa shape index (κ2) is 2.86. The van der Waals surface area contributed by atoms with Crippen molar-refractivity contribution in [3.63, 3.8) is 0 Å². The molecule has 0 aliphatic rings. The number of aromatic nitrogens is 3. The molecule has 0 amide bonds. The highest BCUT2D eigenvalue weighted by atomic mass is 79.9. The van der Waals surface area contributed by atoms with E-state index < -0.39 is 0 Å². The Bertz CT molecular complexity index is 408. The molecule has 2 heterocycles. The summed E-state index contributed by atoms with van der Waals surface area (Å²) in [5, 5.41) is 0. The summed E-state index contributed by atoms with van der Waals surface area (Å²) in [7, 11) is 0. The molecule has 2 rings (SSSR count). The summed E-state index contributed by atoms with van der Waals surface area (Å²) >= 11 is 3.35. The summed E-state index contributed by atoms with van der Waals surface area (Å²) in [6, 6.07) is 1.97. The fourth-order valence-electron chi connectivity index (χ4n) is 1.16. The van der Waals surface area contributed by atoms with Crippen molar-refractivity contribution < 1.29 is 0 Å². The third kappa shape index (κ3) is 1.12. The molecule has 0 aromatic carbocycles. The molecule has 3 nitrogen and oxygen atoms in total. The quantitative estimate of drug-likeness (QED) is 0.746. The first-order chi connectivity index (χ1) is 5.81. The molecule has 0 spiro atoms. The predicted molar refractivity (Wildman–Crippen MR) is 50.9 cm³/mol. The van der Waals surface area contributed by atoms with Crippen molar-refractivity contribution in [1.82, 2.24) is 14.5 Å². The predicted octanol–water partition coefficient (Wildman–Crippen LogP) is 2.21. The maximum Gasteiger partial charge on any atom is 0.159 e. The summed E-state index contributed by atoms with van der Waals surface area (Å²) in [5.74, 6) is 0. The molecule has 0 atom stereocenters. The zero-order chi connectivity index (χ0) is 8.55. The van der Waals surface area contributed by atoms with Crippen molar-refractivity contribution in [1.29, 1.82) is 0 Å². The van der Waals surface area contributed by atoms with E-state index in [2.05, 4.69) is 32.8 Å². The summed E-state index contributed by atoms with van der Waals surface area (Å²) in [6.45, 7) is 2.98. The van der Waals surface area contributed by atoms with Gasteiger partial charge < -0.3 is 4.57 Å². The number of fused-ring (bicyclic) bond motifs is 1. The van der Waals surface area contributed by atoms with Gasteiger partial charge >= 0.3 is 0 Å². The van der Waals surface area contributed by atoms with Crippen LogP contribution in [0.25, 0.3) is 11.2 Å². The SMILES string of the molecule is CCn1cnc2cc(Br)cnc21. The average molecular weight is 226 g/mol. The van der Waals surface area contributed by atoms with E-state index in [1.54, 1.807) is 6.20 Å². The van der Waals surface area contributed by atoms with Crippen LogP contribution in [0.1, 0.15) is 6.92 Å². The third-order valence-corrected chi connectivity index (χ3v) is 2.20. The van der Waals surface area contributed by atoms with Crippen molar-refractivity contribution in [2.45, 2.75) is 13.5 Å². The Balaban J connectivity index is 2.73. The van der Waals surface area contributed by atoms with Crippen LogP contribution in [0.3, 0.4) is 0 Å². The first kappa shape index (κ1) is 7.73. The minimum absolute atomic E-state index is 0.908. The van der Waals surface area contributed by atoms with Gasteiger partial charge in [-0.05, 0) is 28.9 Å². The summed E-state index contributed by atoms with van der Waals surface area (Å²) < 4.78 is 2.98. The van der Waals surface area contributed by atoms with E-state index in [1.165, 1.54) is 0 Å². The molecule has 0 aliphatic heterocycles. The van der Waals surface area contributed by atoms with Gasteiger partial charge in [-0.2, -0.15) is 0 Å². The van der Waals surface area contributed by atoms with Crippen LogP contribution in [0.15, 0.2) is 23.1 Å².